The molecular formula is C11H11BrN4S. The van der Waals surface area contributed by atoms with Crippen LogP contribution in [0.3, 0.4) is 0 Å². The number of pyridine rings is 1. The van der Waals surface area contributed by atoms with E-state index in [4.69, 9.17) is 0 Å². The summed E-state index contributed by atoms with van der Waals surface area (Å²) in [6, 6.07) is 5.76. The summed E-state index contributed by atoms with van der Waals surface area (Å²) < 4.78 is 0.966. The highest BCUT2D eigenvalue weighted by Gasteiger charge is 2.05. The molecule has 1 N–H and O–H groups in total. The van der Waals surface area contributed by atoms with Crippen molar-refractivity contribution >= 4 is 33.5 Å². The largest absolute Gasteiger partial charge is 0.370 e. The van der Waals surface area contributed by atoms with Crippen molar-refractivity contribution in [1.82, 2.24) is 15.0 Å². The first-order valence-corrected chi connectivity index (χ1v) is 6.75. The summed E-state index contributed by atoms with van der Waals surface area (Å²) in [5.41, 5.74) is 0. The van der Waals surface area contributed by atoms with E-state index in [0.717, 1.165) is 26.9 Å². The molecule has 0 unspecified atom stereocenters. The van der Waals surface area contributed by atoms with Crippen molar-refractivity contribution in [2.75, 3.05) is 11.9 Å². The summed E-state index contributed by atoms with van der Waals surface area (Å²) in [7, 11) is 0. The first kappa shape index (κ1) is 12.3. The van der Waals surface area contributed by atoms with E-state index < -0.39 is 0 Å². The highest BCUT2D eigenvalue weighted by Crippen LogP contribution is 2.30. The van der Waals surface area contributed by atoms with Gasteiger partial charge in [-0.25, -0.2) is 15.0 Å². The predicted octanol–water partition coefficient (Wildman–Crippen LogP) is 3.22. The van der Waals surface area contributed by atoms with Crippen molar-refractivity contribution in [3.63, 3.8) is 0 Å². The molecule has 0 spiro atoms. The summed E-state index contributed by atoms with van der Waals surface area (Å²) in [6.07, 6.45) is 3.32. The second kappa shape index (κ2) is 5.97. The zero-order valence-electron chi connectivity index (χ0n) is 9.22. The molecule has 17 heavy (non-hydrogen) atoms. The molecule has 0 fully saturated rings. The van der Waals surface area contributed by atoms with Gasteiger partial charge in [-0.15, -0.1) is 0 Å². The van der Waals surface area contributed by atoms with Crippen LogP contribution in [0.4, 0.5) is 5.82 Å². The molecule has 2 heterocycles. The monoisotopic (exact) mass is 310 g/mol. The third-order valence-corrected chi connectivity index (χ3v) is 3.78. The zero-order chi connectivity index (χ0) is 12.1. The van der Waals surface area contributed by atoms with Crippen molar-refractivity contribution in [3.8, 4) is 0 Å². The summed E-state index contributed by atoms with van der Waals surface area (Å²) in [4.78, 5) is 12.6. The van der Waals surface area contributed by atoms with Crippen LogP contribution in [0.1, 0.15) is 6.92 Å². The summed E-state index contributed by atoms with van der Waals surface area (Å²) >= 11 is 4.97. The molecule has 0 aliphatic rings. The topological polar surface area (TPSA) is 50.7 Å². The predicted molar refractivity (Wildman–Crippen MR) is 72.3 cm³/mol. The van der Waals surface area contributed by atoms with Crippen molar-refractivity contribution in [2.45, 2.75) is 17.0 Å². The minimum Gasteiger partial charge on any atom is -0.370 e. The van der Waals surface area contributed by atoms with Crippen molar-refractivity contribution in [1.29, 1.82) is 0 Å². The minimum absolute atomic E-state index is 0.831. The third kappa shape index (κ3) is 3.41. The lowest BCUT2D eigenvalue weighted by atomic mass is 10.5. The Kier molecular flexibility index (Phi) is 4.33. The van der Waals surface area contributed by atoms with E-state index in [2.05, 4.69) is 36.2 Å². The van der Waals surface area contributed by atoms with Crippen LogP contribution in [-0.4, -0.2) is 21.5 Å². The molecule has 0 radical (unpaired) electrons. The fourth-order valence-electron chi connectivity index (χ4n) is 1.22. The lowest BCUT2D eigenvalue weighted by Gasteiger charge is -2.04. The molecule has 0 saturated carbocycles. The molecule has 4 nitrogen and oxygen atoms in total. The van der Waals surface area contributed by atoms with E-state index in [9.17, 15) is 0 Å². The van der Waals surface area contributed by atoms with Gasteiger partial charge in [-0.2, -0.15) is 0 Å². The molecule has 0 aliphatic carbocycles. The molecule has 2 aromatic rings. The lowest BCUT2D eigenvalue weighted by Crippen LogP contribution is -1.99. The zero-order valence-corrected chi connectivity index (χ0v) is 11.6. The van der Waals surface area contributed by atoms with Crippen molar-refractivity contribution < 1.29 is 0 Å². The molecule has 2 aromatic heterocycles. The average molecular weight is 311 g/mol. The Balaban J connectivity index is 2.18. The van der Waals surface area contributed by atoms with Crippen LogP contribution in [0, 0.1) is 0 Å². The normalized spacial score (nSPS) is 10.2. The molecule has 0 atom stereocenters. The van der Waals surface area contributed by atoms with Gasteiger partial charge in [-0.3, -0.25) is 0 Å². The summed E-state index contributed by atoms with van der Waals surface area (Å²) in [6.45, 7) is 2.87. The summed E-state index contributed by atoms with van der Waals surface area (Å²) in [5, 5.41) is 4.92. The van der Waals surface area contributed by atoms with Gasteiger partial charge < -0.3 is 5.32 Å². The Morgan fingerprint density at radius 1 is 1.35 bits per heavy atom. The van der Waals surface area contributed by atoms with E-state index in [0.29, 0.717) is 0 Å². The maximum absolute atomic E-state index is 4.28. The van der Waals surface area contributed by atoms with Gasteiger partial charge >= 0.3 is 0 Å². The number of anilines is 1. The van der Waals surface area contributed by atoms with E-state index in [1.165, 1.54) is 11.8 Å². The van der Waals surface area contributed by atoms with Gasteiger partial charge in [0.05, 0.1) is 4.47 Å². The molecule has 6 heteroatoms. The van der Waals surface area contributed by atoms with Crippen molar-refractivity contribution in [3.05, 3.63) is 35.2 Å². The van der Waals surface area contributed by atoms with Crippen LogP contribution >= 0.6 is 27.7 Å². The van der Waals surface area contributed by atoms with Gasteiger partial charge in [0, 0.05) is 18.8 Å². The standard InChI is InChI=1S/C11H11BrN4S/c1-2-13-9-6-10(16-7-15-9)17-11-8(12)4-3-5-14-11/h3-7H,2H2,1H3,(H,13,15,16). The van der Waals surface area contributed by atoms with Crippen LogP contribution in [0.2, 0.25) is 0 Å². The number of halogens is 1. The van der Waals surface area contributed by atoms with Crippen LogP contribution in [0.5, 0.6) is 0 Å². The fraction of sp³-hybridized carbons (Fsp3) is 0.182. The van der Waals surface area contributed by atoms with Crippen LogP contribution in [0.25, 0.3) is 0 Å². The highest BCUT2D eigenvalue weighted by atomic mass is 79.9. The quantitative estimate of drug-likeness (QED) is 0.879. The smallest absolute Gasteiger partial charge is 0.130 e. The SMILES string of the molecule is CCNc1cc(Sc2ncccc2Br)ncn1. The van der Waals surface area contributed by atoms with E-state index in [1.54, 1.807) is 12.5 Å². The lowest BCUT2D eigenvalue weighted by molar-refractivity contribution is 1.02. The van der Waals surface area contributed by atoms with Crippen molar-refractivity contribution in [2.24, 2.45) is 0 Å². The molecule has 0 aromatic carbocycles. The molecular weight excluding hydrogens is 300 g/mol. The fourth-order valence-corrected chi connectivity index (χ4v) is 2.46. The van der Waals surface area contributed by atoms with Gasteiger partial charge in [-0.05, 0) is 46.7 Å². The first-order chi connectivity index (χ1) is 8.29. The third-order valence-electron chi connectivity index (χ3n) is 1.93. The van der Waals surface area contributed by atoms with Gasteiger partial charge in [-0.1, -0.05) is 0 Å². The molecule has 0 amide bonds. The van der Waals surface area contributed by atoms with E-state index in [1.807, 2.05) is 25.1 Å². The molecule has 0 aliphatic heterocycles. The first-order valence-electron chi connectivity index (χ1n) is 5.14. The Bertz CT molecular complexity index is 506. The average Bonchev–Trinajstić information content (AvgIpc) is 2.33. The highest BCUT2D eigenvalue weighted by molar-refractivity contribution is 9.10. The molecule has 0 bridgehead atoms. The van der Waals surface area contributed by atoms with Gasteiger partial charge in [0.2, 0.25) is 0 Å². The van der Waals surface area contributed by atoms with Gasteiger partial charge in [0.1, 0.15) is 22.2 Å². The number of nitrogens with zero attached hydrogens (tertiary/aromatic N) is 3. The second-order valence-corrected chi connectivity index (χ2v) is 5.03. The number of hydrogen-bond donors (Lipinski definition) is 1. The molecule has 0 saturated heterocycles. The number of aromatic nitrogens is 3. The van der Waals surface area contributed by atoms with Gasteiger partial charge in [0.25, 0.3) is 0 Å². The number of rotatable bonds is 4. The Morgan fingerprint density at radius 2 is 2.24 bits per heavy atom. The maximum atomic E-state index is 4.28. The molecule has 88 valence electrons. The number of hydrogen-bond acceptors (Lipinski definition) is 5. The van der Waals surface area contributed by atoms with Crippen LogP contribution < -0.4 is 5.32 Å². The molecule has 2 rings (SSSR count). The Labute approximate surface area is 112 Å². The van der Waals surface area contributed by atoms with Gasteiger partial charge in [0.15, 0.2) is 0 Å². The minimum atomic E-state index is 0.831. The Morgan fingerprint density at radius 3 is 3.00 bits per heavy atom. The Hall–Kier alpha value is -1.14. The van der Waals surface area contributed by atoms with E-state index >= 15 is 0 Å². The van der Waals surface area contributed by atoms with Crippen LogP contribution in [-0.2, 0) is 0 Å². The maximum Gasteiger partial charge on any atom is 0.130 e. The second-order valence-electron chi connectivity index (χ2n) is 3.16. The van der Waals surface area contributed by atoms with E-state index in [-0.39, 0.29) is 0 Å². The van der Waals surface area contributed by atoms with Crippen LogP contribution in [0.15, 0.2) is 45.2 Å². The number of nitrogens with one attached hydrogen (secondary N) is 1. The summed E-state index contributed by atoms with van der Waals surface area (Å²) in [5.74, 6) is 0.831.